The van der Waals surface area contributed by atoms with E-state index in [-0.39, 0.29) is 12.2 Å². The van der Waals surface area contributed by atoms with E-state index in [0.717, 1.165) is 22.9 Å². The highest BCUT2D eigenvalue weighted by Crippen LogP contribution is 2.39. The van der Waals surface area contributed by atoms with Gasteiger partial charge in [0.2, 0.25) is 0 Å². The molecule has 1 fully saturated rings. The van der Waals surface area contributed by atoms with E-state index < -0.39 is 18.1 Å². The van der Waals surface area contributed by atoms with Crippen LogP contribution in [0.4, 0.5) is 13.2 Å². The average Bonchev–Trinajstić information content (AvgIpc) is 3.33. The van der Waals surface area contributed by atoms with Crippen LogP contribution in [-0.4, -0.2) is 49.1 Å². The van der Waals surface area contributed by atoms with Crippen LogP contribution in [0.5, 0.6) is 0 Å². The average molecular weight is 431 g/mol. The standard InChI is InChI=1S/C19H16F3N7S/c20-19(21,22)3-6-30-28-11-18(12-28,2-4-23)29-10-14(9-27-29)16-13(7-24)8-26-17-15(16)1-5-25-17/h1,5,8-10H,2-3,6,11-12H2,(H,25,26). The Morgan fingerprint density at radius 2 is 2.07 bits per heavy atom. The fraction of sp³-hybridized carbons (Fsp3) is 0.368. The van der Waals surface area contributed by atoms with Gasteiger partial charge < -0.3 is 4.98 Å². The summed E-state index contributed by atoms with van der Waals surface area (Å²) >= 11 is 1.13. The highest BCUT2D eigenvalue weighted by molar-refractivity contribution is 7.97. The molecule has 1 N–H and O–H groups in total. The molecule has 154 valence electrons. The molecule has 1 aliphatic rings. The van der Waals surface area contributed by atoms with E-state index in [1.54, 1.807) is 23.3 Å². The van der Waals surface area contributed by atoms with Gasteiger partial charge in [0.15, 0.2) is 0 Å². The topological polar surface area (TPSA) is 97.3 Å². The molecule has 4 rings (SSSR count). The summed E-state index contributed by atoms with van der Waals surface area (Å²) in [5, 5.41) is 24.0. The maximum absolute atomic E-state index is 12.4. The first-order valence-electron chi connectivity index (χ1n) is 9.08. The molecule has 11 heteroatoms. The quantitative estimate of drug-likeness (QED) is 0.596. The maximum atomic E-state index is 12.4. The van der Waals surface area contributed by atoms with Gasteiger partial charge in [-0.1, -0.05) is 11.9 Å². The van der Waals surface area contributed by atoms with Crippen molar-refractivity contribution in [3.05, 3.63) is 36.4 Å². The molecule has 7 nitrogen and oxygen atoms in total. The number of pyridine rings is 1. The van der Waals surface area contributed by atoms with Crippen LogP contribution in [-0.2, 0) is 5.54 Å². The molecule has 1 aliphatic heterocycles. The summed E-state index contributed by atoms with van der Waals surface area (Å²) in [5.41, 5.74) is 1.89. The largest absolute Gasteiger partial charge is 0.389 e. The van der Waals surface area contributed by atoms with Crippen molar-refractivity contribution in [3.8, 4) is 23.3 Å². The molecule has 1 saturated heterocycles. The Labute approximate surface area is 174 Å². The zero-order valence-corrected chi connectivity index (χ0v) is 16.5. The van der Waals surface area contributed by atoms with Crippen molar-refractivity contribution < 1.29 is 13.2 Å². The van der Waals surface area contributed by atoms with Crippen LogP contribution in [0, 0.1) is 22.7 Å². The number of fused-ring (bicyclic) bond motifs is 1. The van der Waals surface area contributed by atoms with E-state index in [9.17, 15) is 23.7 Å². The molecular formula is C19H16F3N7S. The lowest BCUT2D eigenvalue weighted by Gasteiger charge is -2.48. The lowest BCUT2D eigenvalue weighted by atomic mass is 9.89. The Morgan fingerprint density at radius 1 is 1.27 bits per heavy atom. The Balaban J connectivity index is 1.57. The van der Waals surface area contributed by atoms with Gasteiger partial charge in [-0.25, -0.2) is 9.29 Å². The molecule has 0 unspecified atom stereocenters. The molecule has 4 heterocycles. The zero-order chi connectivity index (χ0) is 21.4. The van der Waals surface area contributed by atoms with E-state index in [0.29, 0.717) is 29.9 Å². The van der Waals surface area contributed by atoms with Crippen molar-refractivity contribution in [1.82, 2.24) is 24.1 Å². The number of alkyl halides is 3. The van der Waals surface area contributed by atoms with Crippen LogP contribution < -0.4 is 0 Å². The van der Waals surface area contributed by atoms with E-state index in [4.69, 9.17) is 0 Å². The van der Waals surface area contributed by atoms with E-state index >= 15 is 0 Å². The number of hydrogen-bond acceptors (Lipinski definition) is 6. The first-order chi connectivity index (χ1) is 14.3. The Kier molecular flexibility index (Phi) is 5.18. The normalized spacial score (nSPS) is 16.2. The van der Waals surface area contributed by atoms with Crippen LogP contribution in [0.25, 0.3) is 22.2 Å². The second-order valence-electron chi connectivity index (χ2n) is 7.13. The number of aromatic nitrogens is 4. The highest BCUT2D eigenvalue weighted by Gasteiger charge is 2.46. The van der Waals surface area contributed by atoms with Gasteiger partial charge in [-0.15, -0.1) is 0 Å². The van der Waals surface area contributed by atoms with Gasteiger partial charge in [-0.3, -0.25) is 4.68 Å². The predicted octanol–water partition coefficient (Wildman–Crippen LogP) is 3.82. The summed E-state index contributed by atoms with van der Waals surface area (Å²) in [6.07, 6.45) is 1.83. The smallest absolute Gasteiger partial charge is 0.346 e. The van der Waals surface area contributed by atoms with Crippen molar-refractivity contribution in [1.29, 1.82) is 10.5 Å². The van der Waals surface area contributed by atoms with Gasteiger partial charge in [-0.05, 0) is 6.07 Å². The fourth-order valence-electron chi connectivity index (χ4n) is 3.59. The molecule has 0 amide bonds. The zero-order valence-electron chi connectivity index (χ0n) is 15.6. The van der Waals surface area contributed by atoms with Crippen molar-refractivity contribution in [2.24, 2.45) is 0 Å². The van der Waals surface area contributed by atoms with Gasteiger partial charge >= 0.3 is 6.18 Å². The Morgan fingerprint density at radius 3 is 2.77 bits per heavy atom. The number of aromatic amines is 1. The maximum Gasteiger partial charge on any atom is 0.389 e. The van der Waals surface area contributed by atoms with Crippen LogP contribution in [0.15, 0.2) is 30.9 Å². The molecular weight excluding hydrogens is 415 g/mol. The second kappa shape index (κ2) is 7.67. The number of hydrogen-bond donors (Lipinski definition) is 1. The van der Waals surface area contributed by atoms with Crippen LogP contribution in [0.3, 0.4) is 0 Å². The van der Waals surface area contributed by atoms with E-state index in [1.165, 1.54) is 6.20 Å². The first-order valence-corrected chi connectivity index (χ1v) is 10.0. The number of nitrogens with zero attached hydrogens (tertiary/aromatic N) is 6. The van der Waals surface area contributed by atoms with Gasteiger partial charge in [0.1, 0.15) is 17.3 Å². The molecule has 0 aromatic carbocycles. The minimum Gasteiger partial charge on any atom is -0.346 e. The summed E-state index contributed by atoms with van der Waals surface area (Å²) in [6.45, 7) is 0.844. The Bertz CT molecular complexity index is 1150. The number of halogens is 3. The lowest BCUT2D eigenvalue weighted by molar-refractivity contribution is -0.129. The van der Waals surface area contributed by atoms with E-state index in [2.05, 4.69) is 27.2 Å². The molecule has 0 spiro atoms. The first kappa shape index (κ1) is 20.3. The predicted molar refractivity (Wildman–Crippen MR) is 105 cm³/mol. The summed E-state index contributed by atoms with van der Waals surface area (Å²) in [6, 6.07) is 6.15. The second-order valence-corrected chi connectivity index (χ2v) is 8.31. The minimum atomic E-state index is -4.18. The number of nitrogens with one attached hydrogen (secondary N) is 1. The molecule has 3 aromatic rings. The monoisotopic (exact) mass is 431 g/mol. The summed E-state index contributed by atoms with van der Waals surface area (Å²) < 4.78 is 40.6. The van der Waals surface area contributed by atoms with Crippen LogP contribution in [0.1, 0.15) is 18.4 Å². The van der Waals surface area contributed by atoms with Gasteiger partial charge in [0.25, 0.3) is 0 Å². The molecule has 0 aliphatic carbocycles. The molecule has 0 atom stereocenters. The molecule has 0 radical (unpaired) electrons. The van der Waals surface area contributed by atoms with Crippen LogP contribution >= 0.6 is 11.9 Å². The summed E-state index contributed by atoms with van der Waals surface area (Å²) in [4.78, 5) is 7.24. The molecule has 0 bridgehead atoms. The minimum absolute atomic E-state index is 0.0511. The van der Waals surface area contributed by atoms with Gasteiger partial charge in [0.05, 0.1) is 30.7 Å². The summed E-state index contributed by atoms with van der Waals surface area (Å²) in [5.74, 6) is -0.0511. The SMILES string of the molecule is N#CCC1(n2cc(-c3c(C#N)cnc4[nH]ccc34)cn2)CN(SCCC(F)(F)F)C1. The Hall–Kier alpha value is -3.02. The molecule has 3 aromatic heterocycles. The third-order valence-electron chi connectivity index (χ3n) is 5.07. The third-order valence-corrected chi connectivity index (χ3v) is 6.08. The third kappa shape index (κ3) is 3.74. The van der Waals surface area contributed by atoms with Crippen LogP contribution in [0.2, 0.25) is 0 Å². The van der Waals surface area contributed by atoms with Gasteiger partial charge in [-0.2, -0.15) is 28.8 Å². The summed E-state index contributed by atoms with van der Waals surface area (Å²) in [7, 11) is 0. The molecule has 0 saturated carbocycles. The number of rotatable bonds is 6. The highest BCUT2D eigenvalue weighted by atomic mass is 32.2. The van der Waals surface area contributed by atoms with Crippen molar-refractivity contribution in [2.75, 3.05) is 18.8 Å². The van der Waals surface area contributed by atoms with Crippen molar-refractivity contribution in [3.63, 3.8) is 0 Å². The van der Waals surface area contributed by atoms with E-state index in [1.807, 2.05) is 10.4 Å². The van der Waals surface area contributed by atoms with Gasteiger partial charge in [0, 0.05) is 53.9 Å². The fourth-order valence-corrected chi connectivity index (χ4v) is 4.84. The van der Waals surface area contributed by atoms with Crippen molar-refractivity contribution >= 4 is 23.0 Å². The number of H-pyrrole nitrogens is 1. The lowest BCUT2D eigenvalue weighted by Crippen LogP contribution is -2.60. The van der Waals surface area contributed by atoms with Crippen molar-refractivity contribution in [2.45, 2.75) is 24.6 Å². The molecule has 30 heavy (non-hydrogen) atoms. The number of nitriles is 2.